The Bertz CT molecular complexity index is 334. The van der Waals surface area contributed by atoms with E-state index in [0.29, 0.717) is 26.0 Å². The maximum atomic E-state index is 10.0. The standard InChI is InChI=1S/C11H22BO6PS/c1-4-19(13,20)18-9-8(7-15-3)17-11(12)10(9)16-6-5-14-2/h8-11H,4-7H2,1-3H3,(H,13,20)/t8-,9+,10?,11-,19?/m1/s1. The van der Waals surface area contributed by atoms with Crippen LogP contribution >= 0.6 is 6.49 Å². The fourth-order valence-corrected chi connectivity index (χ4v) is 2.99. The lowest BCUT2D eigenvalue weighted by atomic mass is 9.93. The molecule has 116 valence electrons. The fourth-order valence-electron chi connectivity index (χ4n) is 1.90. The van der Waals surface area contributed by atoms with Crippen molar-refractivity contribution in [2.45, 2.75) is 31.2 Å². The van der Waals surface area contributed by atoms with E-state index in [9.17, 15) is 4.89 Å². The molecule has 0 amide bonds. The van der Waals surface area contributed by atoms with Crippen LogP contribution in [0.4, 0.5) is 0 Å². The molecule has 2 radical (unpaired) electrons. The number of ether oxygens (including phenoxy) is 4. The van der Waals surface area contributed by atoms with Crippen molar-refractivity contribution >= 4 is 26.1 Å². The molecular formula is C11H22BO6PS. The Labute approximate surface area is 126 Å². The van der Waals surface area contributed by atoms with Crippen molar-refractivity contribution < 1.29 is 28.4 Å². The zero-order valence-corrected chi connectivity index (χ0v) is 13.8. The van der Waals surface area contributed by atoms with Gasteiger partial charge in [-0.2, -0.15) is 0 Å². The van der Waals surface area contributed by atoms with Crippen molar-refractivity contribution in [2.24, 2.45) is 0 Å². The highest BCUT2D eigenvalue weighted by atomic mass is 32.5. The van der Waals surface area contributed by atoms with Gasteiger partial charge in [0.2, 0.25) is 0 Å². The lowest BCUT2D eigenvalue weighted by molar-refractivity contribution is -0.0331. The molecule has 20 heavy (non-hydrogen) atoms. The van der Waals surface area contributed by atoms with Gasteiger partial charge in [-0.15, -0.1) is 0 Å². The molecule has 0 bridgehead atoms. The maximum Gasteiger partial charge on any atom is 0.186 e. The normalized spacial score (nSPS) is 33.2. The second-order valence-corrected chi connectivity index (χ2v) is 8.28. The molecule has 0 aromatic rings. The summed E-state index contributed by atoms with van der Waals surface area (Å²) in [6, 6.07) is -0.649. The molecule has 0 aromatic carbocycles. The van der Waals surface area contributed by atoms with Gasteiger partial charge < -0.3 is 28.4 Å². The van der Waals surface area contributed by atoms with E-state index in [0.717, 1.165) is 0 Å². The quantitative estimate of drug-likeness (QED) is 0.371. The molecular weight excluding hydrogens is 302 g/mol. The molecule has 1 fully saturated rings. The molecule has 1 aliphatic heterocycles. The van der Waals surface area contributed by atoms with E-state index in [4.69, 9.17) is 43.1 Å². The summed E-state index contributed by atoms with van der Waals surface area (Å²) in [5.41, 5.74) is 0. The predicted octanol–water partition coefficient (Wildman–Crippen LogP) is 0.265. The van der Waals surface area contributed by atoms with Crippen molar-refractivity contribution in [1.82, 2.24) is 0 Å². The van der Waals surface area contributed by atoms with Crippen molar-refractivity contribution in [3.63, 3.8) is 0 Å². The van der Waals surface area contributed by atoms with E-state index in [1.54, 1.807) is 21.1 Å². The first-order valence-corrected chi connectivity index (χ1v) is 9.31. The fraction of sp³-hybridized carbons (Fsp3) is 1.00. The Morgan fingerprint density at radius 1 is 1.25 bits per heavy atom. The minimum absolute atomic E-state index is 0.293. The van der Waals surface area contributed by atoms with E-state index in [1.165, 1.54) is 0 Å². The van der Waals surface area contributed by atoms with Crippen LogP contribution in [-0.4, -0.2) is 77.3 Å². The number of methoxy groups -OCH3 is 2. The van der Waals surface area contributed by atoms with Crippen LogP contribution in [0.15, 0.2) is 0 Å². The first-order valence-electron chi connectivity index (χ1n) is 6.46. The number of hydrogen-bond donors (Lipinski definition) is 1. The van der Waals surface area contributed by atoms with E-state index >= 15 is 0 Å². The first-order chi connectivity index (χ1) is 9.45. The van der Waals surface area contributed by atoms with Crippen LogP contribution in [0.5, 0.6) is 0 Å². The monoisotopic (exact) mass is 324 g/mol. The van der Waals surface area contributed by atoms with Crippen LogP contribution in [0, 0.1) is 0 Å². The largest absolute Gasteiger partial charge is 0.382 e. The molecule has 6 nitrogen and oxygen atoms in total. The molecule has 1 aliphatic rings. The average Bonchev–Trinajstić information content (AvgIpc) is 2.67. The minimum atomic E-state index is -2.86. The summed E-state index contributed by atoms with van der Waals surface area (Å²) >= 11 is 5.07. The molecule has 1 saturated heterocycles. The van der Waals surface area contributed by atoms with E-state index in [1.807, 2.05) is 0 Å². The van der Waals surface area contributed by atoms with Crippen LogP contribution in [0.2, 0.25) is 0 Å². The molecule has 1 rings (SSSR count). The van der Waals surface area contributed by atoms with Gasteiger partial charge >= 0.3 is 0 Å². The maximum absolute atomic E-state index is 10.0. The molecule has 1 N–H and O–H groups in total. The van der Waals surface area contributed by atoms with Gasteiger partial charge in [0.15, 0.2) is 6.49 Å². The molecule has 5 atom stereocenters. The lowest BCUT2D eigenvalue weighted by Gasteiger charge is -2.27. The summed E-state index contributed by atoms with van der Waals surface area (Å²) in [4.78, 5) is 10.0. The zero-order valence-electron chi connectivity index (χ0n) is 12.1. The lowest BCUT2D eigenvalue weighted by Crippen LogP contribution is -2.39. The van der Waals surface area contributed by atoms with Crippen molar-refractivity contribution in [1.29, 1.82) is 0 Å². The van der Waals surface area contributed by atoms with Gasteiger partial charge in [-0.25, -0.2) is 0 Å². The third-order valence-electron chi connectivity index (χ3n) is 2.96. The Kier molecular flexibility index (Phi) is 8.16. The summed E-state index contributed by atoms with van der Waals surface area (Å²) in [7, 11) is 9.05. The van der Waals surface area contributed by atoms with E-state index in [2.05, 4.69) is 0 Å². The Balaban J connectivity index is 2.74. The van der Waals surface area contributed by atoms with Crippen molar-refractivity contribution in [3.8, 4) is 0 Å². The number of rotatable bonds is 9. The summed E-state index contributed by atoms with van der Waals surface area (Å²) in [5, 5.41) is 0. The van der Waals surface area contributed by atoms with Gasteiger partial charge in [0.05, 0.1) is 19.8 Å². The number of hydrogen-bond acceptors (Lipinski definition) is 6. The van der Waals surface area contributed by atoms with Crippen LogP contribution in [-0.2, 0) is 35.3 Å². The Morgan fingerprint density at radius 3 is 2.50 bits per heavy atom. The second kappa shape index (κ2) is 8.81. The van der Waals surface area contributed by atoms with Crippen LogP contribution in [0.1, 0.15) is 6.92 Å². The van der Waals surface area contributed by atoms with Crippen molar-refractivity contribution in [2.75, 3.05) is 40.2 Å². The molecule has 1 heterocycles. The third-order valence-corrected chi connectivity index (χ3v) is 5.37. The highest BCUT2D eigenvalue weighted by molar-refractivity contribution is 8.09. The predicted molar refractivity (Wildman–Crippen MR) is 79.8 cm³/mol. The smallest absolute Gasteiger partial charge is 0.186 e. The topological polar surface area (TPSA) is 66.4 Å². The summed E-state index contributed by atoms with van der Waals surface area (Å²) < 4.78 is 26.9. The highest BCUT2D eigenvalue weighted by Gasteiger charge is 2.45. The average molecular weight is 324 g/mol. The highest BCUT2D eigenvalue weighted by Crippen LogP contribution is 2.46. The first kappa shape index (κ1) is 18.5. The van der Waals surface area contributed by atoms with Crippen LogP contribution in [0.25, 0.3) is 0 Å². The molecule has 0 aromatic heterocycles. The third kappa shape index (κ3) is 5.35. The second-order valence-electron chi connectivity index (χ2n) is 4.45. The van der Waals surface area contributed by atoms with Crippen molar-refractivity contribution in [3.05, 3.63) is 0 Å². The summed E-state index contributed by atoms with van der Waals surface area (Å²) in [6.07, 6.45) is -1.09. The van der Waals surface area contributed by atoms with Gasteiger partial charge in [-0.3, -0.25) is 0 Å². The van der Waals surface area contributed by atoms with Gasteiger partial charge in [0.1, 0.15) is 26.2 Å². The molecule has 9 heteroatoms. The van der Waals surface area contributed by atoms with Gasteiger partial charge in [0, 0.05) is 26.4 Å². The minimum Gasteiger partial charge on any atom is -0.382 e. The molecule has 0 aliphatic carbocycles. The Morgan fingerprint density at radius 2 is 1.95 bits per heavy atom. The molecule has 0 saturated carbocycles. The summed E-state index contributed by atoms with van der Waals surface area (Å²) in [5.74, 6) is 0. The van der Waals surface area contributed by atoms with Crippen LogP contribution < -0.4 is 0 Å². The summed E-state index contributed by atoms with van der Waals surface area (Å²) in [6.45, 7) is 0.0138. The zero-order chi connectivity index (χ0) is 15.2. The van der Waals surface area contributed by atoms with Gasteiger partial charge in [-0.05, 0) is 11.8 Å². The Hall–Kier alpha value is 0.475. The molecule has 0 spiro atoms. The van der Waals surface area contributed by atoms with Gasteiger partial charge in [-0.1, -0.05) is 6.92 Å². The molecule has 2 unspecified atom stereocenters. The van der Waals surface area contributed by atoms with E-state index < -0.39 is 30.8 Å². The SMILES string of the molecule is [B][C@@H]1O[C@H](COC)[C@H](OP(O)(=S)CC)C1OCCOC. The van der Waals surface area contributed by atoms with E-state index in [-0.39, 0.29) is 0 Å². The van der Waals surface area contributed by atoms with Crippen LogP contribution in [0.3, 0.4) is 0 Å². The van der Waals surface area contributed by atoms with Gasteiger partial charge in [0.25, 0.3) is 0 Å².